The van der Waals surface area contributed by atoms with Gasteiger partial charge in [0.2, 0.25) is 5.91 Å². The first kappa shape index (κ1) is 22.1. The maximum atomic E-state index is 12.3. The minimum atomic E-state index is -0.875. The summed E-state index contributed by atoms with van der Waals surface area (Å²) in [6, 6.07) is 14.8. The lowest BCUT2D eigenvalue weighted by molar-refractivity contribution is -0.136. The van der Waals surface area contributed by atoms with Crippen LogP contribution in [-0.4, -0.2) is 27.0 Å². The van der Waals surface area contributed by atoms with Crippen LogP contribution in [0.1, 0.15) is 30.5 Å². The van der Waals surface area contributed by atoms with Crippen LogP contribution < -0.4 is 4.90 Å². The van der Waals surface area contributed by atoms with Crippen molar-refractivity contribution in [3.8, 4) is 0 Å². The Morgan fingerprint density at radius 3 is 2.66 bits per heavy atom. The maximum absolute atomic E-state index is 12.3. The number of carboxylic acid groups (broad SMARTS) is 1. The third-order valence-electron chi connectivity index (χ3n) is 4.58. The minimum Gasteiger partial charge on any atom is -0.481 e. The van der Waals surface area contributed by atoms with Crippen molar-refractivity contribution in [2.45, 2.75) is 19.8 Å². The van der Waals surface area contributed by atoms with Gasteiger partial charge in [-0.3, -0.25) is 14.5 Å². The molecule has 1 amide bonds. The van der Waals surface area contributed by atoms with Gasteiger partial charge in [0.25, 0.3) is 0 Å². The molecule has 6 nitrogen and oxygen atoms in total. The molecule has 0 aliphatic rings. The van der Waals surface area contributed by atoms with Crippen LogP contribution in [0, 0.1) is 0 Å². The van der Waals surface area contributed by atoms with Gasteiger partial charge in [-0.05, 0) is 48.4 Å². The van der Waals surface area contributed by atoms with Crippen LogP contribution in [-0.2, 0) is 9.59 Å². The average Bonchev–Trinajstić information content (AvgIpc) is 3.37. The zero-order chi connectivity index (χ0) is 22.7. The van der Waals surface area contributed by atoms with Gasteiger partial charge in [-0.15, -0.1) is 22.7 Å². The number of rotatable bonds is 7. The van der Waals surface area contributed by atoms with Gasteiger partial charge in [0.1, 0.15) is 5.01 Å². The molecular formula is C23H18ClN3O3S2. The fourth-order valence-corrected chi connectivity index (χ4v) is 5.20. The SMILES string of the molecule is CC(=O)N(c1cccc(Cl)c1)c1nc(/C=C(/CCC(=O)O)c2nc3ccccc3s2)cs1. The number of hydrogen-bond donors (Lipinski definition) is 1. The predicted octanol–water partition coefficient (Wildman–Crippen LogP) is 6.50. The van der Waals surface area contributed by atoms with Gasteiger partial charge < -0.3 is 5.11 Å². The molecule has 9 heteroatoms. The second kappa shape index (κ2) is 9.60. The fourth-order valence-electron chi connectivity index (χ4n) is 3.16. The highest BCUT2D eigenvalue weighted by molar-refractivity contribution is 7.19. The number of para-hydroxylation sites is 1. The lowest BCUT2D eigenvalue weighted by atomic mass is 10.1. The predicted molar refractivity (Wildman–Crippen MR) is 131 cm³/mol. The van der Waals surface area contributed by atoms with Crippen LogP contribution in [0.25, 0.3) is 21.9 Å². The third-order valence-corrected chi connectivity index (χ3v) is 6.77. The van der Waals surface area contributed by atoms with Crippen molar-refractivity contribution in [2.24, 2.45) is 0 Å². The monoisotopic (exact) mass is 483 g/mol. The number of carbonyl (C=O) groups is 2. The standard InChI is InChI=1S/C23H18ClN3O3S2/c1-14(28)27(18-6-4-5-16(24)12-18)23-25-17(13-31-23)11-15(9-10-21(29)30)22-26-19-7-2-3-8-20(19)32-22/h2-8,11-13H,9-10H2,1H3,(H,29,30)/b15-11-. The first-order valence-corrected chi connectivity index (χ1v) is 11.8. The molecule has 2 aromatic heterocycles. The second-order valence-electron chi connectivity index (χ2n) is 6.94. The van der Waals surface area contributed by atoms with Gasteiger partial charge in [0.15, 0.2) is 5.13 Å². The molecule has 0 spiro atoms. The molecule has 0 saturated heterocycles. The Bertz CT molecular complexity index is 1300. The largest absolute Gasteiger partial charge is 0.481 e. The van der Waals surface area contributed by atoms with E-state index in [2.05, 4.69) is 9.97 Å². The Morgan fingerprint density at radius 1 is 1.12 bits per heavy atom. The number of carbonyl (C=O) groups excluding carboxylic acids is 1. The Labute approximate surface area is 197 Å². The van der Waals surface area contributed by atoms with E-state index in [9.17, 15) is 14.7 Å². The number of halogens is 1. The summed E-state index contributed by atoms with van der Waals surface area (Å²) in [6.45, 7) is 1.47. The molecule has 0 aliphatic carbocycles. The smallest absolute Gasteiger partial charge is 0.303 e. The Hall–Kier alpha value is -3.07. The van der Waals surface area contributed by atoms with Crippen molar-refractivity contribution < 1.29 is 14.7 Å². The molecule has 0 atom stereocenters. The van der Waals surface area contributed by atoms with Gasteiger partial charge in [0.05, 0.1) is 21.6 Å². The van der Waals surface area contributed by atoms with Gasteiger partial charge in [-0.2, -0.15) is 0 Å². The highest BCUT2D eigenvalue weighted by Crippen LogP contribution is 2.34. The fraction of sp³-hybridized carbons (Fsp3) is 0.130. The van der Waals surface area contributed by atoms with Crippen molar-refractivity contribution >= 4 is 78.8 Å². The average molecular weight is 484 g/mol. The quantitative estimate of drug-likeness (QED) is 0.324. The lowest BCUT2D eigenvalue weighted by Gasteiger charge is -2.18. The summed E-state index contributed by atoms with van der Waals surface area (Å²) in [5.41, 5.74) is 2.93. The maximum Gasteiger partial charge on any atom is 0.303 e. The summed E-state index contributed by atoms with van der Waals surface area (Å²) in [7, 11) is 0. The molecule has 0 radical (unpaired) electrons. The van der Waals surface area contributed by atoms with E-state index in [4.69, 9.17) is 11.6 Å². The highest BCUT2D eigenvalue weighted by Gasteiger charge is 2.19. The molecular weight excluding hydrogens is 466 g/mol. The number of aromatic nitrogens is 2. The van der Waals surface area contributed by atoms with E-state index in [0.717, 1.165) is 20.8 Å². The summed E-state index contributed by atoms with van der Waals surface area (Å²) < 4.78 is 1.03. The Kier molecular flexibility index (Phi) is 6.64. The summed E-state index contributed by atoms with van der Waals surface area (Å²) in [5, 5.41) is 12.8. The number of fused-ring (bicyclic) bond motifs is 1. The molecule has 2 aromatic carbocycles. The lowest BCUT2D eigenvalue weighted by Crippen LogP contribution is -2.22. The first-order valence-electron chi connectivity index (χ1n) is 9.71. The molecule has 32 heavy (non-hydrogen) atoms. The van der Waals surface area contributed by atoms with Gasteiger partial charge in [-0.1, -0.05) is 29.8 Å². The van der Waals surface area contributed by atoms with E-state index in [-0.39, 0.29) is 12.3 Å². The van der Waals surface area contributed by atoms with Gasteiger partial charge >= 0.3 is 5.97 Å². The summed E-state index contributed by atoms with van der Waals surface area (Å²) in [5.74, 6) is -1.06. The van der Waals surface area contributed by atoms with E-state index >= 15 is 0 Å². The van der Waals surface area contributed by atoms with Gasteiger partial charge in [0, 0.05) is 23.7 Å². The number of allylic oxidation sites excluding steroid dienone is 1. The molecule has 0 bridgehead atoms. The molecule has 0 saturated carbocycles. The Morgan fingerprint density at radius 2 is 1.94 bits per heavy atom. The molecule has 0 aliphatic heterocycles. The van der Waals surface area contributed by atoms with Crippen LogP contribution in [0.15, 0.2) is 53.9 Å². The number of nitrogens with zero attached hydrogens (tertiary/aromatic N) is 3. The van der Waals surface area contributed by atoms with E-state index in [1.807, 2.05) is 35.7 Å². The minimum absolute atomic E-state index is 0.0131. The normalized spacial score (nSPS) is 11.6. The number of carboxylic acids is 1. The van der Waals surface area contributed by atoms with Crippen LogP contribution in [0.2, 0.25) is 5.02 Å². The number of benzene rings is 2. The molecule has 4 aromatic rings. The van der Waals surface area contributed by atoms with Crippen LogP contribution in [0.4, 0.5) is 10.8 Å². The van der Waals surface area contributed by atoms with E-state index in [1.165, 1.54) is 34.5 Å². The molecule has 0 unspecified atom stereocenters. The number of thiazole rings is 2. The number of aliphatic carboxylic acids is 1. The molecule has 1 N–H and O–H groups in total. The number of hydrogen-bond acceptors (Lipinski definition) is 6. The summed E-state index contributed by atoms with van der Waals surface area (Å²) in [6.07, 6.45) is 2.16. The van der Waals surface area contributed by atoms with Crippen molar-refractivity contribution in [3.63, 3.8) is 0 Å². The van der Waals surface area contributed by atoms with Crippen molar-refractivity contribution in [3.05, 3.63) is 69.6 Å². The van der Waals surface area contributed by atoms with Crippen molar-refractivity contribution in [1.29, 1.82) is 0 Å². The summed E-state index contributed by atoms with van der Waals surface area (Å²) in [4.78, 5) is 34.3. The van der Waals surface area contributed by atoms with Crippen molar-refractivity contribution in [2.75, 3.05) is 4.90 Å². The van der Waals surface area contributed by atoms with E-state index < -0.39 is 5.97 Å². The number of amides is 1. The van der Waals surface area contributed by atoms with Crippen molar-refractivity contribution in [1.82, 2.24) is 9.97 Å². The molecule has 0 fully saturated rings. The van der Waals surface area contributed by atoms with E-state index in [0.29, 0.717) is 28.0 Å². The molecule has 162 valence electrons. The van der Waals surface area contributed by atoms with E-state index in [1.54, 1.807) is 24.3 Å². The van der Waals surface area contributed by atoms with Crippen LogP contribution >= 0.6 is 34.3 Å². The zero-order valence-electron chi connectivity index (χ0n) is 17.0. The summed E-state index contributed by atoms with van der Waals surface area (Å²) >= 11 is 8.94. The topological polar surface area (TPSA) is 83.4 Å². The zero-order valence-corrected chi connectivity index (χ0v) is 19.4. The first-order chi connectivity index (χ1) is 15.4. The van der Waals surface area contributed by atoms with Crippen LogP contribution in [0.3, 0.4) is 0 Å². The second-order valence-corrected chi connectivity index (χ2v) is 9.24. The third kappa shape index (κ3) is 5.04. The molecule has 2 heterocycles. The highest BCUT2D eigenvalue weighted by atomic mass is 35.5. The Balaban J connectivity index is 1.70. The molecule has 4 rings (SSSR count). The van der Waals surface area contributed by atoms with Crippen LogP contribution in [0.5, 0.6) is 0 Å². The number of anilines is 2. The van der Waals surface area contributed by atoms with Gasteiger partial charge in [-0.25, -0.2) is 9.97 Å².